The third-order valence-electron chi connectivity index (χ3n) is 6.02. The molecule has 0 aromatic heterocycles. The molecule has 6 nitrogen and oxygen atoms in total. The summed E-state index contributed by atoms with van der Waals surface area (Å²) in [5, 5.41) is 11.3. The summed E-state index contributed by atoms with van der Waals surface area (Å²) in [4.78, 5) is 27.7. The lowest BCUT2D eigenvalue weighted by atomic mass is 9.94. The van der Waals surface area contributed by atoms with Crippen LogP contribution in [0.3, 0.4) is 0 Å². The second kappa shape index (κ2) is 10.2. The van der Waals surface area contributed by atoms with E-state index in [0.717, 1.165) is 5.56 Å². The standard InChI is InChI=1S/C29H28FNO5/c1-17(2)16-36-24-14-9-19(15-18(24)3)27(32)25-26(22-7-5-6-8-23(22)30)31(29(34)28(25)33)20-10-12-21(35-4)13-11-20/h5-15,17,26,32H,16H2,1-4H3/b27-25+. The topological polar surface area (TPSA) is 76.1 Å². The molecule has 7 heteroatoms. The highest BCUT2D eigenvalue weighted by Gasteiger charge is 2.47. The molecule has 1 unspecified atom stereocenters. The summed E-state index contributed by atoms with van der Waals surface area (Å²) in [5.74, 6) is -1.17. The highest BCUT2D eigenvalue weighted by Crippen LogP contribution is 2.43. The van der Waals surface area contributed by atoms with Crippen LogP contribution in [-0.4, -0.2) is 30.5 Å². The van der Waals surface area contributed by atoms with Gasteiger partial charge in [-0.05, 0) is 66.9 Å². The van der Waals surface area contributed by atoms with Gasteiger partial charge in [-0.1, -0.05) is 32.0 Å². The number of benzene rings is 3. The third-order valence-corrected chi connectivity index (χ3v) is 6.02. The zero-order valence-electron chi connectivity index (χ0n) is 20.6. The number of Topliss-reactive ketones (excluding diaryl/α,β-unsaturated/α-hetero) is 1. The number of aryl methyl sites for hydroxylation is 1. The number of methoxy groups -OCH3 is 1. The number of amides is 1. The van der Waals surface area contributed by atoms with Crippen LogP contribution in [0.4, 0.5) is 10.1 Å². The maximum Gasteiger partial charge on any atom is 0.300 e. The Morgan fingerprint density at radius 2 is 1.75 bits per heavy atom. The number of halogens is 1. The van der Waals surface area contributed by atoms with Crippen molar-refractivity contribution in [2.45, 2.75) is 26.8 Å². The lowest BCUT2D eigenvalue weighted by Gasteiger charge is -2.26. The second-order valence-corrected chi connectivity index (χ2v) is 9.07. The Morgan fingerprint density at radius 3 is 2.36 bits per heavy atom. The molecule has 1 atom stereocenters. The van der Waals surface area contributed by atoms with E-state index >= 15 is 4.39 Å². The minimum absolute atomic E-state index is 0.0997. The minimum atomic E-state index is -1.16. The SMILES string of the molecule is COc1ccc(N2C(=O)C(=O)/C(=C(/O)c3ccc(OCC(C)C)c(C)c3)C2c2ccccc2F)cc1. The van der Waals surface area contributed by atoms with E-state index < -0.39 is 23.5 Å². The molecule has 36 heavy (non-hydrogen) atoms. The molecule has 186 valence electrons. The summed E-state index contributed by atoms with van der Waals surface area (Å²) in [6.07, 6.45) is 0. The van der Waals surface area contributed by atoms with E-state index in [1.807, 2.05) is 20.8 Å². The van der Waals surface area contributed by atoms with Gasteiger partial charge in [0.05, 0.1) is 25.3 Å². The van der Waals surface area contributed by atoms with Gasteiger partial charge in [-0.2, -0.15) is 0 Å². The number of ketones is 1. The van der Waals surface area contributed by atoms with Crippen LogP contribution in [0.5, 0.6) is 11.5 Å². The van der Waals surface area contributed by atoms with Gasteiger partial charge in [-0.25, -0.2) is 4.39 Å². The van der Waals surface area contributed by atoms with Crippen LogP contribution in [0.25, 0.3) is 5.76 Å². The van der Waals surface area contributed by atoms with Crippen molar-refractivity contribution < 1.29 is 28.6 Å². The average molecular weight is 490 g/mol. The average Bonchev–Trinajstić information content (AvgIpc) is 3.13. The number of nitrogens with zero attached hydrogens (tertiary/aromatic N) is 1. The van der Waals surface area contributed by atoms with Gasteiger partial charge >= 0.3 is 0 Å². The quantitative estimate of drug-likeness (QED) is 0.258. The van der Waals surface area contributed by atoms with E-state index in [-0.39, 0.29) is 16.9 Å². The highest BCUT2D eigenvalue weighted by atomic mass is 19.1. The summed E-state index contributed by atoms with van der Waals surface area (Å²) in [7, 11) is 1.52. The van der Waals surface area contributed by atoms with E-state index in [9.17, 15) is 14.7 Å². The van der Waals surface area contributed by atoms with Gasteiger partial charge in [0.15, 0.2) is 0 Å². The zero-order chi connectivity index (χ0) is 26.0. The first-order chi connectivity index (χ1) is 17.2. The van der Waals surface area contributed by atoms with Crippen molar-refractivity contribution in [3.8, 4) is 11.5 Å². The van der Waals surface area contributed by atoms with Crippen molar-refractivity contribution in [3.63, 3.8) is 0 Å². The number of ether oxygens (including phenoxy) is 2. The summed E-state index contributed by atoms with van der Waals surface area (Å²) in [6.45, 7) is 6.45. The first kappa shape index (κ1) is 25.0. The number of aliphatic hydroxyl groups is 1. The van der Waals surface area contributed by atoms with Gasteiger partial charge in [-0.3, -0.25) is 14.5 Å². The molecule has 1 amide bonds. The molecule has 1 saturated heterocycles. The lowest BCUT2D eigenvalue weighted by molar-refractivity contribution is -0.132. The lowest BCUT2D eigenvalue weighted by Crippen LogP contribution is -2.29. The fraction of sp³-hybridized carbons (Fsp3) is 0.241. The van der Waals surface area contributed by atoms with Crippen LogP contribution < -0.4 is 14.4 Å². The summed E-state index contributed by atoms with van der Waals surface area (Å²) in [5.41, 5.74) is 1.38. The predicted molar refractivity (Wildman–Crippen MR) is 136 cm³/mol. The van der Waals surface area contributed by atoms with Crippen LogP contribution in [0.15, 0.2) is 72.3 Å². The van der Waals surface area contributed by atoms with Gasteiger partial charge in [0.2, 0.25) is 0 Å². The van der Waals surface area contributed by atoms with Gasteiger partial charge < -0.3 is 14.6 Å². The molecule has 3 aromatic rings. The maximum absolute atomic E-state index is 15.0. The van der Waals surface area contributed by atoms with Gasteiger partial charge in [0.25, 0.3) is 11.7 Å². The van der Waals surface area contributed by atoms with Gasteiger partial charge in [0, 0.05) is 16.8 Å². The monoisotopic (exact) mass is 489 g/mol. The summed E-state index contributed by atoms with van der Waals surface area (Å²) >= 11 is 0. The van der Waals surface area contributed by atoms with E-state index in [1.54, 1.807) is 48.5 Å². The second-order valence-electron chi connectivity index (χ2n) is 9.07. The maximum atomic E-state index is 15.0. The Kier molecular flexibility index (Phi) is 7.10. The molecule has 0 aliphatic carbocycles. The van der Waals surface area contributed by atoms with Crippen LogP contribution in [-0.2, 0) is 9.59 Å². The number of carbonyl (C=O) groups is 2. The smallest absolute Gasteiger partial charge is 0.300 e. The highest BCUT2D eigenvalue weighted by molar-refractivity contribution is 6.51. The number of aliphatic hydroxyl groups excluding tert-OH is 1. The predicted octanol–water partition coefficient (Wildman–Crippen LogP) is 5.80. The normalized spacial score (nSPS) is 17.1. The zero-order valence-corrected chi connectivity index (χ0v) is 20.6. The first-order valence-electron chi connectivity index (χ1n) is 11.7. The molecule has 0 bridgehead atoms. The molecular weight excluding hydrogens is 461 g/mol. The van der Waals surface area contributed by atoms with Crippen LogP contribution >= 0.6 is 0 Å². The number of hydrogen-bond acceptors (Lipinski definition) is 5. The molecular formula is C29H28FNO5. The first-order valence-corrected chi connectivity index (χ1v) is 11.7. The van der Waals surface area contributed by atoms with Crippen molar-refractivity contribution in [1.82, 2.24) is 0 Å². The van der Waals surface area contributed by atoms with E-state index in [4.69, 9.17) is 9.47 Å². The molecule has 3 aromatic carbocycles. The molecule has 0 saturated carbocycles. The van der Waals surface area contributed by atoms with Crippen LogP contribution in [0, 0.1) is 18.7 Å². The van der Waals surface area contributed by atoms with Crippen molar-refractivity contribution in [2.24, 2.45) is 5.92 Å². The Labute approximate surface area is 209 Å². The Bertz CT molecular complexity index is 1330. The Balaban J connectivity index is 1.85. The number of rotatable bonds is 7. The number of hydrogen-bond donors (Lipinski definition) is 1. The van der Waals surface area contributed by atoms with Crippen molar-refractivity contribution in [1.29, 1.82) is 0 Å². The summed E-state index contributed by atoms with van der Waals surface area (Å²) < 4.78 is 26.0. The molecule has 1 aliphatic rings. The number of carbonyl (C=O) groups excluding carboxylic acids is 2. The van der Waals surface area contributed by atoms with E-state index in [0.29, 0.717) is 35.3 Å². The van der Waals surface area contributed by atoms with E-state index in [1.165, 1.54) is 30.2 Å². The molecule has 0 radical (unpaired) electrons. The minimum Gasteiger partial charge on any atom is -0.507 e. The molecule has 4 rings (SSSR count). The van der Waals surface area contributed by atoms with Crippen LogP contribution in [0.2, 0.25) is 0 Å². The fourth-order valence-corrected chi connectivity index (χ4v) is 4.20. The van der Waals surface area contributed by atoms with Crippen molar-refractivity contribution >= 4 is 23.1 Å². The molecule has 0 spiro atoms. The number of anilines is 1. The molecule has 1 N–H and O–H groups in total. The third kappa shape index (κ3) is 4.69. The Morgan fingerprint density at radius 1 is 1.06 bits per heavy atom. The Hall–Kier alpha value is -4.13. The van der Waals surface area contributed by atoms with Crippen LogP contribution in [0.1, 0.15) is 36.6 Å². The fourth-order valence-electron chi connectivity index (χ4n) is 4.20. The van der Waals surface area contributed by atoms with Gasteiger partial charge in [-0.15, -0.1) is 0 Å². The van der Waals surface area contributed by atoms with Crippen molar-refractivity contribution in [3.05, 3.63) is 94.8 Å². The largest absolute Gasteiger partial charge is 0.507 e. The molecule has 1 aliphatic heterocycles. The van der Waals surface area contributed by atoms with Crippen molar-refractivity contribution in [2.75, 3.05) is 18.6 Å². The molecule has 1 fully saturated rings. The van der Waals surface area contributed by atoms with E-state index in [2.05, 4.69) is 0 Å². The molecule has 1 heterocycles. The van der Waals surface area contributed by atoms with Gasteiger partial charge in [0.1, 0.15) is 23.1 Å². The summed E-state index contributed by atoms with van der Waals surface area (Å²) in [6, 6.07) is 16.3.